The van der Waals surface area contributed by atoms with Crippen molar-refractivity contribution in [3.8, 4) is 11.5 Å². The van der Waals surface area contributed by atoms with Gasteiger partial charge in [-0.05, 0) is 54.5 Å². The lowest BCUT2D eigenvalue weighted by atomic mass is 10.1. The van der Waals surface area contributed by atoms with Gasteiger partial charge in [0.2, 0.25) is 0 Å². The van der Waals surface area contributed by atoms with Gasteiger partial charge in [0.05, 0.1) is 20.8 Å². The molecule has 0 aliphatic carbocycles. The molecule has 30 heavy (non-hydrogen) atoms. The zero-order chi connectivity index (χ0) is 20.5. The lowest BCUT2D eigenvalue weighted by Gasteiger charge is -2.26. The third-order valence-electron chi connectivity index (χ3n) is 5.07. The van der Waals surface area contributed by atoms with E-state index >= 15 is 0 Å². The zero-order valence-electron chi connectivity index (χ0n) is 18.1. The molecule has 0 saturated heterocycles. The van der Waals surface area contributed by atoms with E-state index < -0.39 is 0 Å². The maximum atomic E-state index is 5.38. The Morgan fingerprint density at radius 1 is 1.17 bits per heavy atom. The van der Waals surface area contributed by atoms with Crippen molar-refractivity contribution in [1.29, 1.82) is 0 Å². The standard InChI is InChI=1S/C22H32N4O2S.HI/c1-4-23-22(24-10-7-17-5-6-19(27-2)20(15-17)28-3)25-11-13-26-12-8-21-18(16-26)9-14-29-21;/h5-6,9,14-15H,4,7-8,10-13,16H2,1-3H3,(H2,23,24,25);1H. The molecule has 1 aliphatic rings. The number of rotatable bonds is 9. The molecule has 1 aliphatic heterocycles. The second-order valence-electron chi connectivity index (χ2n) is 7.02. The van der Waals surface area contributed by atoms with Crippen molar-refractivity contribution in [1.82, 2.24) is 15.5 Å². The van der Waals surface area contributed by atoms with E-state index in [0.29, 0.717) is 0 Å². The number of halogens is 1. The predicted molar refractivity (Wildman–Crippen MR) is 136 cm³/mol. The Balaban J connectivity index is 0.00000320. The number of ether oxygens (including phenoxy) is 2. The van der Waals surface area contributed by atoms with Crippen molar-refractivity contribution in [2.75, 3.05) is 46.9 Å². The topological polar surface area (TPSA) is 58.1 Å². The van der Waals surface area contributed by atoms with Crippen LogP contribution in [-0.4, -0.2) is 57.8 Å². The summed E-state index contributed by atoms with van der Waals surface area (Å²) in [6, 6.07) is 8.31. The Morgan fingerprint density at radius 3 is 2.77 bits per heavy atom. The molecule has 0 atom stereocenters. The second-order valence-corrected chi connectivity index (χ2v) is 8.02. The molecule has 0 fully saturated rings. The number of fused-ring (bicyclic) bond motifs is 1. The largest absolute Gasteiger partial charge is 0.493 e. The SMILES string of the molecule is CCNC(=NCCN1CCc2sccc2C1)NCCc1ccc(OC)c(OC)c1.I. The summed E-state index contributed by atoms with van der Waals surface area (Å²) in [5.74, 6) is 2.40. The lowest BCUT2D eigenvalue weighted by Crippen LogP contribution is -2.39. The van der Waals surface area contributed by atoms with Gasteiger partial charge in [-0.3, -0.25) is 9.89 Å². The third-order valence-corrected chi connectivity index (χ3v) is 6.09. The number of guanidine groups is 1. The van der Waals surface area contributed by atoms with Crippen LogP contribution in [0, 0.1) is 0 Å². The molecular formula is C22H33IN4O2S. The Hall–Kier alpha value is -1.52. The van der Waals surface area contributed by atoms with Gasteiger partial charge in [0, 0.05) is 37.6 Å². The number of benzene rings is 1. The second kappa shape index (κ2) is 13.0. The summed E-state index contributed by atoms with van der Waals surface area (Å²) in [5, 5.41) is 8.98. The Kier molecular flexibility index (Phi) is 10.7. The van der Waals surface area contributed by atoms with E-state index in [1.54, 1.807) is 19.1 Å². The number of nitrogens with zero attached hydrogens (tertiary/aromatic N) is 2. The van der Waals surface area contributed by atoms with Crippen LogP contribution in [0.4, 0.5) is 0 Å². The first-order valence-electron chi connectivity index (χ1n) is 10.2. The number of hydrogen-bond acceptors (Lipinski definition) is 5. The molecule has 0 spiro atoms. The number of thiophene rings is 1. The van der Waals surface area contributed by atoms with Crippen molar-refractivity contribution < 1.29 is 9.47 Å². The summed E-state index contributed by atoms with van der Waals surface area (Å²) in [7, 11) is 3.32. The highest BCUT2D eigenvalue weighted by Crippen LogP contribution is 2.27. The molecule has 0 amide bonds. The minimum atomic E-state index is 0. The lowest BCUT2D eigenvalue weighted by molar-refractivity contribution is 0.263. The summed E-state index contributed by atoms with van der Waals surface area (Å²) < 4.78 is 10.7. The molecule has 2 heterocycles. The molecule has 6 nitrogen and oxygen atoms in total. The summed E-state index contributed by atoms with van der Waals surface area (Å²) in [5.41, 5.74) is 2.69. The summed E-state index contributed by atoms with van der Waals surface area (Å²) >= 11 is 1.89. The third kappa shape index (κ3) is 7.02. The van der Waals surface area contributed by atoms with Crippen LogP contribution in [0.2, 0.25) is 0 Å². The highest BCUT2D eigenvalue weighted by Gasteiger charge is 2.16. The number of aliphatic imine (C=N–C) groups is 1. The first kappa shape index (κ1) is 24.7. The Morgan fingerprint density at radius 2 is 2.00 bits per heavy atom. The van der Waals surface area contributed by atoms with Crippen LogP contribution in [-0.2, 0) is 19.4 Å². The molecule has 166 valence electrons. The molecule has 1 aromatic carbocycles. The highest BCUT2D eigenvalue weighted by molar-refractivity contribution is 14.0. The van der Waals surface area contributed by atoms with Crippen LogP contribution < -0.4 is 20.1 Å². The molecule has 1 aromatic heterocycles. The van der Waals surface area contributed by atoms with Gasteiger partial charge in [-0.1, -0.05) is 6.07 Å². The van der Waals surface area contributed by atoms with E-state index in [4.69, 9.17) is 14.5 Å². The van der Waals surface area contributed by atoms with E-state index in [1.165, 1.54) is 17.5 Å². The van der Waals surface area contributed by atoms with E-state index in [2.05, 4.69) is 40.0 Å². The van der Waals surface area contributed by atoms with Crippen LogP contribution in [0.1, 0.15) is 22.9 Å². The van der Waals surface area contributed by atoms with Gasteiger partial charge in [-0.15, -0.1) is 35.3 Å². The van der Waals surface area contributed by atoms with Gasteiger partial charge >= 0.3 is 0 Å². The molecule has 0 saturated carbocycles. The van der Waals surface area contributed by atoms with Crippen molar-refractivity contribution in [3.63, 3.8) is 0 Å². The first-order chi connectivity index (χ1) is 14.2. The van der Waals surface area contributed by atoms with Crippen molar-refractivity contribution >= 4 is 41.3 Å². The van der Waals surface area contributed by atoms with Crippen molar-refractivity contribution in [2.24, 2.45) is 4.99 Å². The molecule has 2 aromatic rings. The minimum absolute atomic E-state index is 0. The minimum Gasteiger partial charge on any atom is -0.493 e. The normalized spacial score (nSPS) is 13.9. The van der Waals surface area contributed by atoms with E-state index in [-0.39, 0.29) is 24.0 Å². The molecule has 2 N–H and O–H groups in total. The fourth-order valence-electron chi connectivity index (χ4n) is 3.50. The van der Waals surface area contributed by atoms with Gasteiger partial charge < -0.3 is 20.1 Å². The van der Waals surface area contributed by atoms with Crippen LogP contribution in [0.5, 0.6) is 11.5 Å². The molecular weight excluding hydrogens is 511 g/mol. The quantitative estimate of drug-likeness (QED) is 0.288. The number of hydrogen-bond donors (Lipinski definition) is 2. The van der Waals surface area contributed by atoms with Crippen LogP contribution in [0.3, 0.4) is 0 Å². The predicted octanol–water partition coefficient (Wildman–Crippen LogP) is 3.54. The summed E-state index contributed by atoms with van der Waals surface area (Å²) in [4.78, 5) is 8.80. The number of nitrogens with one attached hydrogen (secondary N) is 2. The van der Waals surface area contributed by atoms with E-state index in [1.807, 2.05) is 23.5 Å². The molecule has 0 unspecified atom stereocenters. The van der Waals surface area contributed by atoms with Crippen molar-refractivity contribution in [3.05, 3.63) is 45.6 Å². The van der Waals surface area contributed by atoms with Crippen LogP contribution in [0.25, 0.3) is 0 Å². The fourth-order valence-corrected chi connectivity index (χ4v) is 4.39. The molecule has 8 heteroatoms. The van der Waals surface area contributed by atoms with Gasteiger partial charge in [0.15, 0.2) is 17.5 Å². The Bertz CT molecular complexity index is 812. The fraction of sp³-hybridized carbons (Fsp3) is 0.500. The highest BCUT2D eigenvalue weighted by atomic mass is 127. The first-order valence-corrected chi connectivity index (χ1v) is 11.1. The van der Waals surface area contributed by atoms with Crippen LogP contribution >= 0.6 is 35.3 Å². The molecule has 0 bridgehead atoms. The van der Waals surface area contributed by atoms with Gasteiger partial charge in [0.1, 0.15) is 0 Å². The van der Waals surface area contributed by atoms with E-state index in [0.717, 1.165) is 63.1 Å². The number of methoxy groups -OCH3 is 2. The summed E-state index contributed by atoms with van der Waals surface area (Å²) in [6.07, 6.45) is 2.05. The van der Waals surface area contributed by atoms with Gasteiger partial charge in [-0.25, -0.2) is 0 Å². The van der Waals surface area contributed by atoms with Crippen LogP contribution in [0.15, 0.2) is 34.6 Å². The smallest absolute Gasteiger partial charge is 0.191 e. The molecule has 0 radical (unpaired) electrons. The van der Waals surface area contributed by atoms with Gasteiger partial charge in [0.25, 0.3) is 0 Å². The maximum absolute atomic E-state index is 5.38. The average molecular weight is 545 g/mol. The maximum Gasteiger partial charge on any atom is 0.191 e. The molecule has 3 rings (SSSR count). The average Bonchev–Trinajstić information content (AvgIpc) is 3.21. The van der Waals surface area contributed by atoms with E-state index in [9.17, 15) is 0 Å². The Labute approximate surface area is 201 Å². The van der Waals surface area contributed by atoms with Crippen molar-refractivity contribution in [2.45, 2.75) is 26.3 Å². The van der Waals surface area contributed by atoms with Gasteiger partial charge in [-0.2, -0.15) is 0 Å². The summed E-state index contributed by atoms with van der Waals surface area (Å²) in [6.45, 7) is 7.72. The zero-order valence-corrected chi connectivity index (χ0v) is 21.2. The monoisotopic (exact) mass is 544 g/mol.